The van der Waals surface area contributed by atoms with E-state index in [1.807, 2.05) is 37.3 Å². The molecule has 28 heavy (non-hydrogen) atoms. The van der Waals surface area contributed by atoms with Crippen molar-refractivity contribution < 1.29 is 19.1 Å². The van der Waals surface area contributed by atoms with Crippen molar-refractivity contribution in [2.75, 3.05) is 26.3 Å². The smallest absolute Gasteiger partial charge is 0.251 e. The first-order chi connectivity index (χ1) is 13.5. The Morgan fingerprint density at radius 3 is 2.71 bits per heavy atom. The Labute approximate surface area is 169 Å². The number of ether oxygens (including phenoxy) is 2. The summed E-state index contributed by atoms with van der Waals surface area (Å²) in [5.41, 5.74) is 2.57. The molecule has 2 aromatic carbocycles. The average molecular weight is 403 g/mol. The lowest BCUT2D eigenvalue weighted by Gasteiger charge is -2.20. The van der Waals surface area contributed by atoms with Gasteiger partial charge in [-0.3, -0.25) is 9.59 Å². The van der Waals surface area contributed by atoms with E-state index < -0.39 is 0 Å². The van der Waals surface area contributed by atoms with Crippen LogP contribution in [0.25, 0.3) is 0 Å². The van der Waals surface area contributed by atoms with Crippen LogP contribution >= 0.6 is 11.6 Å². The molecule has 0 aromatic heterocycles. The zero-order chi connectivity index (χ0) is 19.9. The van der Waals surface area contributed by atoms with Gasteiger partial charge < -0.3 is 20.1 Å². The van der Waals surface area contributed by atoms with Crippen LogP contribution in [0.5, 0.6) is 11.5 Å². The third-order valence-corrected chi connectivity index (χ3v) is 4.59. The van der Waals surface area contributed by atoms with E-state index >= 15 is 0 Å². The first-order valence-corrected chi connectivity index (χ1v) is 9.60. The fraction of sp³-hybridized carbons (Fsp3) is 0.333. The topological polar surface area (TPSA) is 76.7 Å². The summed E-state index contributed by atoms with van der Waals surface area (Å²) in [7, 11) is 0. The Kier molecular flexibility index (Phi) is 6.76. The number of rotatable bonds is 7. The third kappa shape index (κ3) is 5.39. The molecule has 1 heterocycles. The van der Waals surface area contributed by atoms with Crippen molar-refractivity contribution in [3.8, 4) is 11.5 Å². The van der Waals surface area contributed by atoms with Gasteiger partial charge in [0.1, 0.15) is 13.2 Å². The molecule has 7 heteroatoms. The number of fused-ring (bicyclic) bond motifs is 1. The summed E-state index contributed by atoms with van der Waals surface area (Å²) in [5, 5.41) is 6.12. The number of amides is 2. The third-order valence-electron chi connectivity index (χ3n) is 4.31. The van der Waals surface area contributed by atoms with Crippen molar-refractivity contribution in [2.45, 2.75) is 19.8 Å². The van der Waals surface area contributed by atoms with Crippen LogP contribution in [0.1, 0.15) is 27.9 Å². The second-order valence-electron chi connectivity index (χ2n) is 6.58. The van der Waals surface area contributed by atoms with Crippen molar-refractivity contribution in [1.82, 2.24) is 10.6 Å². The van der Waals surface area contributed by atoms with Gasteiger partial charge in [-0.1, -0.05) is 29.3 Å². The second-order valence-corrected chi connectivity index (χ2v) is 6.98. The summed E-state index contributed by atoms with van der Waals surface area (Å²) in [5.74, 6) is 0.916. The normalized spacial score (nSPS) is 12.4. The number of hydrogen-bond acceptors (Lipinski definition) is 4. The molecule has 2 N–H and O–H groups in total. The van der Waals surface area contributed by atoms with E-state index in [4.69, 9.17) is 21.1 Å². The fourth-order valence-electron chi connectivity index (χ4n) is 2.92. The number of hydrogen-bond donors (Lipinski definition) is 2. The van der Waals surface area contributed by atoms with Gasteiger partial charge in [-0.25, -0.2) is 0 Å². The lowest BCUT2D eigenvalue weighted by atomic mass is 10.1. The van der Waals surface area contributed by atoms with E-state index in [1.165, 1.54) is 0 Å². The fourth-order valence-corrected chi connectivity index (χ4v) is 3.21. The maximum Gasteiger partial charge on any atom is 0.251 e. The first-order valence-electron chi connectivity index (χ1n) is 9.22. The van der Waals surface area contributed by atoms with Gasteiger partial charge in [-0.05, 0) is 43.2 Å². The molecule has 0 radical (unpaired) electrons. The number of nitrogens with one attached hydrogen (secondary N) is 2. The highest BCUT2D eigenvalue weighted by Crippen LogP contribution is 2.38. The largest absolute Gasteiger partial charge is 0.486 e. The summed E-state index contributed by atoms with van der Waals surface area (Å²) in [6.45, 7) is 3.68. The van der Waals surface area contributed by atoms with Gasteiger partial charge >= 0.3 is 0 Å². The van der Waals surface area contributed by atoms with E-state index in [-0.39, 0.29) is 24.8 Å². The van der Waals surface area contributed by atoms with Crippen LogP contribution < -0.4 is 20.1 Å². The van der Waals surface area contributed by atoms with Gasteiger partial charge in [0.25, 0.3) is 5.91 Å². The van der Waals surface area contributed by atoms with Crippen molar-refractivity contribution in [3.63, 3.8) is 0 Å². The Morgan fingerprint density at radius 1 is 1.07 bits per heavy atom. The molecule has 0 unspecified atom stereocenters. The minimum atomic E-state index is -0.178. The van der Waals surface area contributed by atoms with E-state index in [2.05, 4.69) is 10.6 Å². The van der Waals surface area contributed by atoms with Gasteiger partial charge in [-0.2, -0.15) is 0 Å². The molecule has 0 saturated heterocycles. The number of halogens is 1. The Bertz CT molecular complexity index is 869. The second kappa shape index (κ2) is 9.46. The zero-order valence-electron chi connectivity index (χ0n) is 15.7. The highest BCUT2D eigenvalue weighted by molar-refractivity contribution is 6.32. The van der Waals surface area contributed by atoms with Gasteiger partial charge in [0.05, 0.1) is 5.02 Å². The lowest BCUT2D eigenvalue weighted by Crippen LogP contribution is -2.31. The molecule has 3 rings (SSSR count). The summed E-state index contributed by atoms with van der Waals surface area (Å²) in [6.07, 6.45) is 0.844. The highest BCUT2D eigenvalue weighted by atomic mass is 35.5. The summed E-state index contributed by atoms with van der Waals surface area (Å²) >= 11 is 6.21. The molecule has 1 aliphatic rings. The minimum Gasteiger partial charge on any atom is -0.486 e. The quantitative estimate of drug-likeness (QED) is 0.746. The molecule has 0 spiro atoms. The highest BCUT2D eigenvalue weighted by Gasteiger charge is 2.16. The van der Waals surface area contributed by atoms with E-state index in [1.54, 1.807) is 6.07 Å². The minimum absolute atomic E-state index is 0.117. The monoisotopic (exact) mass is 402 g/mol. The predicted molar refractivity (Wildman–Crippen MR) is 107 cm³/mol. The molecule has 0 bridgehead atoms. The maximum atomic E-state index is 12.0. The first kappa shape index (κ1) is 20.0. The Hall–Kier alpha value is -2.73. The molecule has 0 aliphatic carbocycles. The summed E-state index contributed by atoms with van der Waals surface area (Å²) in [6, 6.07) is 11.0. The summed E-state index contributed by atoms with van der Waals surface area (Å²) < 4.78 is 11.0. The van der Waals surface area contributed by atoms with Crippen molar-refractivity contribution in [1.29, 1.82) is 0 Å². The van der Waals surface area contributed by atoms with Crippen LogP contribution in [0, 0.1) is 6.92 Å². The summed E-state index contributed by atoms with van der Waals surface area (Å²) in [4.78, 5) is 24.0. The molecule has 0 atom stereocenters. The molecule has 6 nitrogen and oxygen atoms in total. The van der Waals surface area contributed by atoms with Crippen LogP contribution in [0.3, 0.4) is 0 Å². The van der Waals surface area contributed by atoms with Crippen LogP contribution in [0.4, 0.5) is 0 Å². The molecular weight excluding hydrogens is 380 g/mol. The SMILES string of the molecule is Cc1cccc(C(=O)NCCC(=O)NCCc2cc(Cl)c3c(c2)OCCO3)c1. The van der Waals surface area contributed by atoms with Crippen molar-refractivity contribution in [3.05, 3.63) is 58.1 Å². The number of carbonyl (C=O) groups excluding carboxylic acids is 2. The van der Waals surface area contributed by atoms with Gasteiger partial charge in [0.15, 0.2) is 11.5 Å². The maximum absolute atomic E-state index is 12.0. The molecule has 0 saturated carbocycles. The van der Waals surface area contributed by atoms with E-state index in [9.17, 15) is 9.59 Å². The molecule has 148 valence electrons. The molecular formula is C21H23ClN2O4. The number of aryl methyl sites for hydroxylation is 1. The zero-order valence-corrected chi connectivity index (χ0v) is 16.5. The van der Waals surface area contributed by atoms with E-state index in [0.29, 0.717) is 48.3 Å². The molecule has 0 fully saturated rings. The predicted octanol–water partition coefficient (Wildman–Crippen LogP) is 2.90. The van der Waals surface area contributed by atoms with Crippen LogP contribution in [0.15, 0.2) is 36.4 Å². The van der Waals surface area contributed by atoms with Gasteiger partial charge in [-0.15, -0.1) is 0 Å². The van der Waals surface area contributed by atoms with Gasteiger partial charge in [0.2, 0.25) is 5.91 Å². The van der Waals surface area contributed by atoms with Crippen LogP contribution in [-0.2, 0) is 11.2 Å². The number of benzene rings is 2. The van der Waals surface area contributed by atoms with E-state index in [0.717, 1.165) is 11.1 Å². The molecule has 1 aliphatic heterocycles. The average Bonchev–Trinajstić information content (AvgIpc) is 2.68. The van der Waals surface area contributed by atoms with Crippen LogP contribution in [-0.4, -0.2) is 38.1 Å². The van der Waals surface area contributed by atoms with Crippen LogP contribution in [0.2, 0.25) is 5.02 Å². The van der Waals surface area contributed by atoms with Crippen molar-refractivity contribution >= 4 is 23.4 Å². The Balaban J connectivity index is 1.39. The number of carbonyl (C=O) groups is 2. The molecule has 2 aromatic rings. The van der Waals surface area contributed by atoms with Crippen molar-refractivity contribution in [2.24, 2.45) is 0 Å². The lowest BCUT2D eigenvalue weighted by molar-refractivity contribution is -0.120. The molecule has 2 amide bonds. The Morgan fingerprint density at radius 2 is 1.89 bits per heavy atom. The standard InChI is InChI=1S/C21H23ClN2O4/c1-14-3-2-4-16(11-14)21(26)24-8-6-19(25)23-7-5-15-12-17(22)20-18(13-15)27-9-10-28-20/h2-4,11-13H,5-10H2,1H3,(H,23,25)(H,24,26). The van der Waals surface area contributed by atoms with Gasteiger partial charge in [0, 0.05) is 25.1 Å².